The van der Waals surface area contributed by atoms with E-state index in [1.807, 2.05) is 0 Å². The van der Waals surface area contributed by atoms with Crippen molar-refractivity contribution in [3.63, 3.8) is 0 Å². The third kappa shape index (κ3) is 2.29. The van der Waals surface area contributed by atoms with E-state index < -0.39 is 29.0 Å². The first-order chi connectivity index (χ1) is 8.23. The van der Waals surface area contributed by atoms with Gasteiger partial charge in [-0.1, -0.05) is 0 Å². The van der Waals surface area contributed by atoms with Crippen molar-refractivity contribution >= 4 is 12.1 Å². The number of likely N-dealkylation sites (tertiary alicyclic amines) is 1. The summed E-state index contributed by atoms with van der Waals surface area (Å²) >= 11 is 0. The first kappa shape index (κ1) is 13.1. The van der Waals surface area contributed by atoms with E-state index in [1.165, 1.54) is 4.90 Å². The van der Waals surface area contributed by atoms with Crippen LogP contribution < -0.4 is 0 Å². The Morgan fingerprint density at radius 2 is 2.00 bits per heavy atom. The molecule has 2 heterocycles. The predicted octanol–water partition coefficient (Wildman–Crippen LogP) is 0.955. The molecule has 0 aromatic carbocycles. The van der Waals surface area contributed by atoms with Crippen molar-refractivity contribution in [3.8, 4) is 0 Å². The van der Waals surface area contributed by atoms with Gasteiger partial charge in [0.05, 0.1) is 19.1 Å². The Labute approximate surface area is 106 Å². The summed E-state index contributed by atoms with van der Waals surface area (Å²) < 4.78 is 10.4. The van der Waals surface area contributed by atoms with E-state index in [-0.39, 0.29) is 6.54 Å². The molecule has 1 atom stereocenters. The van der Waals surface area contributed by atoms with Crippen LogP contribution in [0.25, 0.3) is 0 Å². The van der Waals surface area contributed by atoms with Crippen LogP contribution in [0.4, 0.5) is 4.79 Å². The number of amides is 1. The maximum absolute atomic E-state index is 11.9. The fourth-order valence-corrected chi connectivity index (χ4v) is 2.43. The van der Waals surface area contributed by atoms with Crippen molar-refractivity contribution in [1.82, 2.24) is 4.90 Å². The number of hydrogen-bond donors (Lipinski definition) is 1. The Kier molecular flexibility index (Phi) is 3.01. The number of carbonyl (C=O) groups is 2. The largest absolute Gasteiger partial charge is 0.481 e. The standard InChI is InChI=1S/C12H19NO5/c1-11(2,3)18-10(16)13-4-8(9(14)15)12(5-13)6-17-7-12/h8H,4-7H2,1-3H3,(H,14,15). The van der Waals surface area contributed by atoms with E-state index in [4.69, 9.17) is 9.47 Å². The number of ether oxygens (including phenoxy) is 2. The fourth-order valence-electron chi connectivity index (χ4n) is 2.43. The van der Waals surface area contributed by atoms with Gasteiger partial charge in [0.15, 0.2) is 0 Å². The normalized spacial score (nSPS) is 25.9. The molecular weight excluding hydrogens is 238 g/mol. The molecule has 18 heavy (non-hydrogen) atoms. The Hall–Kier alpha value is -1.30. The van der Waals surface area contributed by atoms with Crippen molar-refractivity contribution in [2.24, 2.45) is 11.3 Å². The third-order valence-corrected chi connectivity index (χ3v) is 3.38. The summed E-state index contributed by atoms with van der Waals surface area (Å²) in [5.41, 5.74) is -0.982. The zero-order valence-corrected chi connectivity index (χ0v) is 10.9. The number of rotatable bonds is 1. The Morgan fingerprint density at radius 1 is 1.39 bits per heavy atom. The number of carbonyl (C=O) groups excluding carboxylic acids is 1. The Balaban J connectivity index is 2.05. The van der Waals surface area contributed by atoms with Gasteiger partial charge >= 0.3 is 12.1 Å². The SMILES string of the molecule is CC(C)(C)OC(=O)N1CC(C(=O)O)C2(COC2)C1. The molecule has 0 aromatic heterocycles. The molecule has 0 radical (unpaired) electrons. The van der Waals surface area contributed by atoms with Gasteiger partial charge in [-0.05, 0) is 20.8 Å². The first-order valence-corrected chi connectivity index (χ1v) is 6.02. The molecule has 2 fully saturated rings. The maximum atomic E-state index is 11.9. The molecule has 1 unspecified atom stereocenters. The lowest BCUT2D eigenvalue weighted by molar-refractivity contribution is -0.164. The minimum atomic E-state index is -0.871. The van der Waals surface area contributed by atoms with Crippen LogP contribution in [0.2, 0.25) is 0 Å². The molecule has 6 nitrogen and oxygen atoms in total. The third-order valence-electron chi connectivity index (χ3n) is 3.38. The van der Waals surface area contributed by atoms with E-state index in [1.54, 1.807) is 20.8 Å². The molecule has 1 spiro atoms. The maximum Gasteiger partial charge on any atom is 0.410 e. The molecule has 0 aromatic rings. The number of aliphatic carboxylic acids is 1. The first-order valence-electron chi connectivity index (χ1n) is 6.02. The van der Waals surface area contributed by atoms with Crippen molar-refractivity contribution in [2.45, 2.75) is 26.4 Å². The second-order valence-electron chi connectivity index (χ2n) is 6.11. The fraction of sp³-hybridized carbons (Fsp3) is 0.833. The minimum absolute atomic E-state index is 0.202. The molecule has 2 aliphatic heterocycles. The quantitative estimate of drug-likeness (QED) is 0.757. The average Bonchev–Trinajstić information content (AvgIpc) is 2.53. The second-order valence-corrected chi connectivity index (χ2v) is 6.11. The van der Waals surface area contributed by atoms with E-state index in [0.717, 1.165) is 0 Å². The molecule has 2 aliphatic rings. The molecule has 2 saturated heterocycles. The number of nitrogens with zero attached hydrogens (tertiary/aromatic N) is 1. The highest BCUT2D eigenvalue weighted by molar-refractivity contribution is 5.75. The van der Waals surface area contributed by atoms with Gasteiger partial charge in [-0.15, -0.1) is 0 Å². The molecule has 2 rings (SSSR count). The van der Waals surface area contributed by atoms with Crippen molar-refractivity contribution in [1.29, 1.82) is 0 Å². The van der Waals surface area contributed by atoms with Gasteiger partial charge < -0.3 is 19.5 Å². The van der Waals surface area contributed by atoms with Gasteiger partial charge in [0, 0.05) is 18.5 Å². The van der Waals surface area contributed by atoms with Crippen LogP contribution in [-0.2, 0) is 14.3 Å². The summed E-state index contributed by atoms with van der Waals surface area (Å²) in [7, 11) is 0. The molecule has 0 bridgehead atoms. The van der Waals surface area contributed by atoms with Gasteiger partial charge in [-0.2, -0.15) is 0 Å². The number of carboxylic acids is 1. The van der Waals surface area contributed by atoms with E-state index in [0.29, 0.717) is 19.8 Å². The highest BCUT2D eigenvalue weighted by atomic mass is 16.6. The molecule has 1 N–H and O–H groups in total. The predicted molar refractivity (Wildman–Crippen MR) is 62.2 cm³/mol. The van der Waals surface area contributed by atoms with Crippen LogP contribution in [-0.4, -0.2) is 54.0 Å². The number of carboxylic acid groups (broad SMARTS) is 1. The zero-order chi connectivity index (χ0) is 13.6. The summed E-state index contributed by atoms with van der Waals surface area (Å²) in [6, 6.07) is 0. The highest BCUT2D eigenvalue weighted by Crippen LogP contribution is 2.42. The Bertz CT molecular complexity index is 369. The molecule has 1 amide bonds. The monoisotopic (exact) mass is 257 g/mol. The lowest BCUT2D eigenvalue weighted by Crippen LogP contribution is -2.51. The van der Waals surface area contributed by atoms with Crippen LogP contribution >= 0.6 is 0 Å². The molecule has 6 heteroatoms. The molecular formula is C12H19NO5. The van der Waals surface area contributed by atoms with E-state index in [9.17, 15) is 14.7 Å². The average molecular weight is 257 g/mol. The van der Waals surface area contributed by atoms with Gasteiger partial charge in [-0.3, -0.25) is 4.79 Å². The second kappa shape index (κ2) is 4.12. The summed E-state index contributed by atoms with van der Waals surface area (Å²) in [6.07, 6.45) is -0.447. The minimum Gasteiger partial charge on any atom is -0.481 e. The summed E-state index contributed by atoms with van der Waals surface area (Å²) in [4.78, 5) is 24.6. The van der Waals surface area contributed by atoms with Crippen LogP contribution in [0.15, 0.2) is 0 Å². The van der Waals surface area contributed by atoms with Gasteiger partial charge in [0.2, 0.25) is 0 Å². The van der Waals surface area contributed by atoms with Crippen LogP contribution in [0, 0.1) is 11.3 Å². The van der Waals surface area contributed by atoms with E-state index >= 15 is 0 Å². The smallest absolute Gasteiger partial charge is 0.410 e. The van der Waals surface area contributed by atoms with Gasteiger partial charge in [0.25, 0.3) is 0 Å². The summed E-state index contributed by atoms with van der Waals surface area (Å²) in [5, 5.41) is 9.21. The molecule has 0 saturated carbocycles. The van der Waals surface area contributed by atoms with Crippen LogP contribution in [0.1, 0.15) is 20.8 Å². The zero-order valence-electron chi connectivity index (χ0n) is 10.9. The van der Waals surface area contributed by atoms with E-state index in [2.05, 4.69) is 0 Å². The molecule has 102 valence electrons. The van der Waals surface area contributed by atoms with Crippen molar-refractivity contribution < 1.29 is 24.2 Å². The lowest BCUT2D eigenvalue weighted by Gasteiger charge is -2.40. The van der Waals surface area contributed by atoms with Crippen molar-refractivity contribution in [3.05, 3.63) is 0 Å². The van der Waals surface area contributed by atoms with Crippen LogP contribution in [0.5, 0.6) is 0 Å². The van der Waals surface area contributed by atoms with Gasteiger partial charge in [-0.25, -0.2) is 4.79 Å². The van der Waals surface area contributed by atoms with Gasteiger partial charge in [0.1, 0.15) is 5.60 Å². The Morgan fingerprint density at radius 3 is 2.33 bits per heavy atom. The summed E-state index contributed by atoms with van der Waals surface area (Å²) in [6.45, 7) is 6.78. The lowest BCUT2D eigenvalue weighted by atomic mass is 9.76. The van der Waals surface area contributed by atoms with Crippen LogP contribution in [0.3, 0.4) is 0 Å². The topological polar surface area (TPSA) is 76.1 Å². The highest BCUT2D eigenvalue weighted by Gasteiger charge is 2.56. The summed E-state index contributed by atoms with van der Waals surface area (Å²) in [5.74, 6) is -1.43. The van der Waals surface area contributed by atoms with Crippen molar-refractivity contribution in [2.75, 3.05) is 26.3 Å². The molecule has 0 aliphatic carbocycles. The number of hydrogen-bond acceptors (Lipinski definition) is 4.